The van der Waals surface area contributed by atoms with E-state index in [2.05, 4.69) is 5.32 Å². The standard InChI is InChI=1S/C14H16N2O3/c15-8-11-3-5-12(6-4-11)19-10-14(17)16-9-13-2-1-7-18-13/h3-6,13H,1-2,7,9-10H2,(H,16,17). The lowest BCUT2D eigenvalue weighted by atomic mass is 10.2. The average molecular weight is 260 g/mol. The van der Waals surface area contributed by atoms with Gasteiger partial charge in [0.15, 0.2) is 6.61 Å². The Bertz CT molecular complexity index is 459. The van der Waals surface area contributed by atoms with Gasteiger partial charge in [-0.2, -0.15) is 5.26 Å². The molecule has 0 spiro atoms. The Labute approximate surface area is 112 Å². The van der Waals surface area contributed by atoms with Crippen LogP contribution in [0.1, 0.15) is 18.4 Å². The normalized spacial score (nSPS) is 17.7. The van der Waals surface area contributed by atoms with Gasteiger partial charge < -0.3 is 14.8 Å². The van der Waals surface area contributed by atoms with Crippen molar-refractivity contribution in [3.63, 3.8) is 0 Å². The van der Waals surface area contributed by atoms with Crippen LogP contribution in [0.4, 0.5) is 0 Å². The minimum absolute atomic E-state index is 0.0291. The van der Waals surface area contributed by atoms with E-state index in [0.29, 0.717) is 17.9 Å². The predicted octanol–water partition coefficient (Wildman–Crippen LogP) is 1.23. The zero-order valence-corrected chi connectivity index (χ0v) is 10.6. The predicted molar refractivity (Wildman–Crippen MR) is 68.6 cm³/mol. The zero-order chi connectivity index (χ0) is 13.5. The molecule has 0 saturated carbocycles. The monoisotopic (exact) mass is 260 g/mol. The molecule has 1 aliphatic rings. The molecule has 5 nitrogen and oxygen atoms in total. The zero-order valence-electron chi connectivity index (χ0n) is 10.6. The number of hydrogen-bond acceptors (Lipinski definition) is 4. The maximum atomic E-state index is 11.6. The molecule has 1 N–H and O–H groups in total. The Balaban J connectivity index is 1.69. The highest BCUT2D eigenvalue weighted by Gasteiger charge is 2.16. The summed E-state index contributed by atoms with van der Waals surface area (Å²) in [4.78, 5) is 11.6. The maximum absolute atomic E-state index is 11.6. The van der Waals surface area contributed by atoms with Crippen molar-refractivity contribution in [2.24, 2.45) is 0 Å². The van der Waals surface area contributed by atoms with Crippen molar-refractivity contribution in [2.45, 2.75) is 18.9 Å². The van der Waals surface area contributed by atoms with Gasteiger partial charge in [-0.25, -0.2) is 0 Å². The molecule has 1 unspecified atom stereocenters. The number of benzene rings is 1. The van der Waals surface area contributed by atoms with Crippen LogP contribution in [-0.2, 0) is 9.53 Å². The van der Waals surface area contributed by atoms with Crippen LogP contribution in [-0.4, -0.2) is 31.8 Å². The van der Waals surface area contributed by atoms with E-state index in [1.807, 2.05) is 6.07 Å². The van der Waals surface area contributed by atoms with Gasteiger partial charge in [-0.15, -0.1) is 0 Å². The van der Waals surface area contributed by atoms with Crippen molar-refractivity contribution in [3.8, 4) is 11.8 Å². The van der Waals surface area contributed by atoms with Gasteiger partial charge in [0.2, 0.25) is 0 Å². The number of ether oxygens (including phenoxy) is 2. The number of carbonyl (C=O) groups excluding carboxylic acids is 1. The van der Waals surface area contributed by atoms with Gasteiger partial charge in [0.25, 0.3) is 5.91 Å². The molecule has 5 heteroatoms. The van der Waals surface area contributed by atoms with Crippen molar-refractivity contribution in [1.82, 2.24) is 5.32 Å². The van der Waals surface area contributed by atoms with E-state index in [-0.39, 0.29) is 18.6 Å². The molecule has 100 valence electrons. The van der Waals surface area contributed by atoms with Gasteiger partial charge in [0, 0.05) is 13.2 Å². The van der Waals surface area contributed by atoms with Gasteiger partial charge in [0.1, 0.15) is 5.75 Å². The summed E-state index contributed by atoms with van der Waals surface area (Å²) in [6, 6.07) is 8.67. The molecule has 1 amide bonds. The fraction of sp³-hybridized carbons (Fsp3) is 0.429. The summed E-state index contributed by atoms with van der Waals surface area (Å²) in [7, 11) is 0. The molecule has 1 aliphatic heterocycles. The number of hydrogen-bond donors (Lipinski definition) is 1. The van der Waals surface area contributed by atoms with E-state index in [9.17, 15) is 4.79 Å². The van der Waals surface area contributed by atoms with Crippen LogP contribution in [0.25, 0.3) is 0 Å². The van der Waals surface area contributed by atoms with Crippen molar-refractivity contribution in [1.29, 1.82) is 5.26 Å². The van der Waals surface area contributed by atoms with E-state index >= 15 is 0 Å². The third kappa shape index (κ3) is 4.27. The Kier molecular flexibility index (Phi) is 4.76. The second-order valence-corrected chi connectivity index (χ2v) is 4.36. The molecule has 19 heavy (non-hydrogen) atoms. The quantitative estimate of drug-likeness (QED) is 0.864. The highest BCUT2D eigenvalue weighted by atomic mass is 16.5. The lowest BCUT2D eigenvalue weighted by molar-refractivity contribution is -0.123. The number of amides is 1. The third-order valence-corrected chi connectivity index (χ3v) is 2.90. The first kappa shape index (κ1) is 13.4. The first-order chi connectivity index (χ1) is 9.28. The summed E-state index contributed by atoms with van der Waals surface area (Å²) in [6.45, 7) is 1.29. The number of nitriles is 1. The number of rotatable bonds is 5. The second kappa shape index (κ2) is 6.76. The smallest absolute Gasteiger partial charge is 0.258 e. The number of carbonyl (C=O) groups is 1. The van der Waals surface area contributed by atoms with E-state index in [4.69, 9.17) is 14.7 Å². The largest absolute Gasteiger partial charge is 0.484 e. The summed E-state index contributed by atoms with van der Waals surface area (Å²) in [5.74, 6) is 0.408. The van der Waals surface area contributed by atoms with Gasteiger partial charge in [-0.1, -0.05) is 0 Å². The average Bonchev–Trinajstić information content (AvgIpc) is 2.96. The molecule has 0 aromatic heterocycles. The van der Waals surface area contributed by atoms with Crippen LogP contribution in [0.5, 0.6) is 5.75 Å². The molecule has 1 heterocycles. The van der Waals surface area contributed by atoms with Gasteiger partial charge >= 0.3 is 0 Å². The number of nitrogens with zero attached hydrogens (tertiary/aromatic N) is 1. The highest BCUT2D eigenvalue weighted by Crippen LogP contribution is 2.12. The maximum Gasteiger partial charge on any atom is 0.258 e. The van der Waals surface area contributed by atoms with Gasteiger partial charge in [0.05, 0.1) is 17.7 Å². The summed E-state index contributed by atoms with van der Waals surface area (Å²) < 4.78 is 10.7. The van der Waals surface area contributed by atoms with Crippen LogP contribution in [0, 0.1) is 11.3 Å². The Morgan fingerprint density at radius 1 is 1.47 bits per heavy atom. The summed E-state index contributed by atoms with van der Waals surface area (Å²) in [5.41, 5.74) is 0.565. The Morgan fingerprint density at radius 3 is 2.89 bits per heavy atom. The summed E-state index contributed by atoms with van der Waals surface area (Å²) in [5, 5.41) is 11.4. The molecule has 0 aliphatic carbocycles. The SMILES string of the molecule is N#Cc1ccc(OCC(=O)NCC2CCCO2)cc1. The number of nitrogens with one attached hydrogen (secondary N) is 1. The minimum atomic E-state index is -0.167. The van der Waals surface area contributed by atoms with Crippen molar-refractivity contribution in [2.75, 3.05) is 19.8 Å². The summed E-state index contributed by atoms with van der Waals surface area (Å²) >= 11 is 0. The van der Waals surface area contributed by atoms with Gasteiger partial charge in [-0.05, 0) is 37.1 Å². The van der Waals surface area contributed by atoms with Crippen molar-refractivity contribution >= 4 is 5.91 Å². The van der Waals surface area contributed by atoms with E-state index in [1.54, 1.807) is 24.3 Å². The molecular weight excluding hydrogens is 244 g/mol. The molecular formula is C14H16N2O3. The minimum Gasteiger partial charge on any atom is -0.484 e. The van der Waals surface area contributed by atoms with Crippen LogP contribution in [0.3, 0.4) is 0 Å². The third-order valence-electron chi connectivity index (χ3n) is 2.90. The fourth-order valence-corrected chi connectivity index (χ4v) is 1.86. The molecule has 0 bridgehead atoms. The fourth-order valence-electron chi connectivity index (χ4n) is 1.86. The van der Waals surface area contributed by atoms with Crippen LogP contribution >= 0.6 is 0 Å². The van der Waals surface area contributed by atoms with Crippen molar-refractivity contribution < 1.29 is 14.3 Å². The van der Waals surface area contributed by atoms with Gasteiger partial charge in [-0.3, -0.25) is 4.79 Å². The molecule has 2 rings (SSSR count). The molecule has 0 radical (unpaired) electrons. The Hall–Kier alpha value is -2.06. The topological polar surface area (TPSA) is 71.3 Å². The molecule has 1 atom stereocenters. The second-order valence-electron chi connectivity index (χ2n) is 4.36. The van der Waals surface area contributed by atoms with Crippen LogP contribution < -0.4 is 10.1 Å². The Morgan fingerprint density at radius 2 is 2.26 bits per heavy atom. The highest BCUT2D eigenvalue weighted by molar-refractivity contribution is 5.77. The molecule has 1 aromatic rings. The first-order valence-electron chi connectivity index (χ1n) is 6.29. The lowest BCUT2D eigenvalue weighted by Crippen LogP contribution is -2.35. The summed E-state index contributed by atoms with van der Waals surface area (Å²) in [6.07, 6.45) is 2.19. The molecule has 1 fully saturated rings. The lowest BCUT2D eigenvalue weighted by Gasteiger charge is -2.11. The van der Waals surface area contributed by atoms with Crippen LogP contribution in [0.15, 0.2) is 24.3 Å². The van der Waals surface area contributed by atoms with Crippen molar-refractivity contribution in [3.05, 3.63) is 29.8 Å². The molecule has 1 aromatic carbocycles. The van der Waals surface area contributed by atoms with E-state index in [1.165, 1.54) is 0 Å². The van der Waals surface area contributed by atoms with E-state index in [0.717, 1.165) is 19.4 Å². The first-order valence-corrected chi connectivity index (χ1v) is 6.29. The molecule has 1 saturated heterocycles. The van der Waals surface area contributed by atoms with E-state index < -0.39 is 0 Å². The van der Waals surface area contributed by atoms with Crippen LogP contribution in [0.2, 0.25) is 0 Å².